The van der Waals surface area contributed by atoms with Crippen molar-refractivity contribution < 1.29 is 13.9 Å². The Balaban J connectivity index is 2.41. The summed E-state index contributed by atoms with van der Waals surface area (Å²) in [4.78, 5) is 16.0. The molecule has 2 rings (SSSR count). The van der Waals surface area contributed by atoms with Crippen LogP contribution in [0.4, 0.5) is 4.39 Å². The maximum absolute atomic E-state index is 13.2. The van der Waals surface area contributed by atoms with E-state index in [1.54, 1.807) is 0 Å². The van der Waals surface area contributed by atoms with Crippen molar-refractivity contribution in [3.05, 3.63) is 35.3 Å². The Morgan fingerprint density at radius 1 is 1.42 bits per heavy atom. The van der Waals surface area contributed by atoms with Gasteiger partial charge < -0.3 is 10.1 Å². The van der Waals surface area contributed by atoms with E-state index in [1.807, 2.05) is 13.8 Å². The van der Waals surface area contributed by atoms with Crippen LogP contribution in [0.15, 0.2) is 28.9 Å². The number of hydrogen-bond acceptors (Lipinski definition) is 3. The zero-order valence-electron chi connectivity index (χ0n) is 11.0. The number of carbonyl (C=O) groups is 1. The number of methoxy groups -OCH3 is 1. The van der Waals surface area contributed by atoms with Gasteiger partial charge in [0.05, 0.1) is 7.11 Å². The second-order valence-electron chi connectivity index (χ2n) is 4.52. The Kier molecular flexibility index (Phi) is 3.64. The fraction of sp³-hybridized carbons (Fsp3) is 0.286. The highest BCUT2D eigenvalue weighted by Crippen LogP contribution is 2.23. The first-order valence-corrected chi connectivity index (χ1v) is 5.96. The number of carbonyl (C=O) groups excluding carboxylic acids is 1. The summed E-state index contributed by atoms with van der Waals surface area (Å²) in [5.41, 5.74) is 0.744. The molecule has 0 spiro atoms. The molecule has 19 heavy (non-hydrogen) atoms. The van der Waals surface area contributed by atoms with Gasteiger partial charge >= 0.3 is 0 Å². The summed E-state index contributed by atoms with van der Waals surface area (Å²) in [6.45, 7) is 3.87. The monoisotopic (exact) mass is 262 g/mol. The first kappa shape index (κ1) is 13.3. The fourth-order valence-corrected chi connectivity index (χ4v) is 1.73. The molecule has 1 N–H and O–H groups in total. The Bertz CT molecular complexity index is 577. The van der Waals surface area contributed by atoms with Crippen LogP contribution in [0.5, 0.6) is 5.75 Å². The first-order valence-electron chi connectivity index (χ1n) is 5.96. The summed E-state index contributed by atoms with van der Waals surface area (Å²) in [5.74, 6) is 0.569. The van der Waals surface area contributed by atoms with Crippen LogP contribution in [0, 0.1) is 11.7 Å². The van der Waals surface area contributed by atoms with Gasteiger partial charge in [0.1, 0.15) is 23.1 Å². The van der Waals surface area contributed by atoms with Crippen LogP contribution in [0.1, 0.15) is 19.4 Å². The molecule has 5 heteroatoms. The number of aliphatic imine (C=N–C) groups is 1. The van der Waals surface area contributed by atoms with Gasteiger partial charge in [-0.05, 0) is 24.3 Å². The third kappa shape index (κ3) is 2.81. The van der Waals surface area contributed by atoms with E-state index in [9.17, 15) is 9.18 Å². The highest BCUT2D eigenvalue weighted by Gasteiger charge is 2.22. The number of rotatable bonds is 3. The molecule has 0 saturated heterocycles. The summed E-state index contributed by atoms with van der Waals surface area (Å²) in [5, 5.41) is 2.68. The Morgan fingerprint density at radius 3 is 2.74 bits per heavy atom. The van der Waals surface area contributed by atoms with Gasteiger partial charge in [0.2, 0.25) is 0 Å². The van der Waals surface area contributed by atoms with Gasteiger partial charge in [-0.3, -0.25) is 4.79 Å². The van der Waals surface area contributed by atoms with Gasteiger partial charge in [-0.2, -0.15) is 0 Å². The van der Waals surface area contributed by atoms with E-state index in [2.05, 4.69) is 10.3 Å². The number of nitrogens with one attached hydrogen (secondary N) is 1. The minimum atomic E-state index is -0.390. The predicted octanol–water partition coefficient (Wildman–Crippen LogP) is 2.36. The molecule has 4 nitrogen and oxygen atoms in total. The van der Waals surface area contributed by atoms with Crippen LogP contribution in [0.2, 0.25) is 0 Å². The normalized spacial score (nSPS) is 16.8. The van der Waals surface area contributed by atoms with E-state index in [-0.39, 0.29) is 23.3 Å². The molecule has 1 aliphatic rings. The Morgan fingerprint density at radius 2 is 2.16 bits per heavy atom. The number of benzene rings is 1. The molecule has 1 aromatic rings. The number of nitrogens with zero attached hydrogens (tertiary/aromatic N) is 1. The molecule has 0 fully saturated rings. The Labute approximate surface area is 111 Å². The van der Waals surface area contributed by atoms with Crippen molar-refractivity contribution in [1.29, 1.82) is 0 Å². The van der Waals surface area contributed by atoms with E-state index >= 15 is 0 Å². The van der Waals surface area contributed by atoms with Crippen LogP contribution in [0.3, 0.4) is 0 Å². The number of amidine groups is 1. The molecule has 0 unspecified atom stereocenters. The SMILES string of the molecule is COc1ccc(F)cc1/C=C1/N=C(C(C)C)NC1=O. The lowest BCUT2D eigenvalue weighted by molar-refractivity contribution is -0.115. The maximum atomic E-state index is 13.2. The summed E-state index contributed by atoms with van der Waals surface area (Å²) in [7, 11) is 1.49. The molecule has 1 heterocycles. The average Bonchev–Trinajstić information content (AvgIpc) is 2.72. The topological polar surface area (TPSA) is 50.7 Å². The van der Waals surface area contributed by atoms with Crippen molar-refractivity contribution >= 4 is 17.8 Å². The standard InChI is InChI=1S/C14H15FN2O2/c1-8(2)13-16-11(14(18)17-13)7-9-6-10(15)4-5-12(9)19-3/h4-8H,1-3H3,(H,16,17,18)/b11-7+. The van der Waals surface area contributed by atoms with Crippen LogP contribution >= 0.6 is 0 Å². The van der Waals surface area contributed by atoms with E-state index in [4.69, 9.17) is 4.74 Å². The van der Waals surface area contributed by atoms with E-state index in [0.29, 0.717) is 17.1 Å². The zero-order valence-corrected chi connectivity index (χ0v) is 11.0. The molecule has 0 aromatic heterocycles. The van der Waals surface area contributed by atoms with Crippen LogP contribution in [0.25, 0.3) is 6.08 Å². The molecular formula is C14H15FN2O2. The molecule has 1 amide bonds. The van der Waals surface area contributed by atoms with E-state index < -0.39 is 0 Å². The van der Waals surface area contributed by atoms with Crippen molar-refractivity contribution in [3.8, 4) is 5.75 Å². The first-order chi connectivity index (χ1) is 9.01. The van der Waals surface area contributed by atoms with E-state index in [0.717, 1.165) is 0 Å². The minimum Gasteiger partial charge on any atom is -0.496 e. The lowest BCUT2D eigenvalue weighted by Gasteiger charge is -2.04. The molecule has 0 radical (unpaired) electrons. The van der Waals surface area contributed by atoms with Crippen molar-refractivity contribution in [2.45, 2.75) is 13.8 Å². The average molecular weight is 262 g/mol. The summed E-state index contributed by atoms with van der Waals surface area (Å²) < 4.78 is 18.4. The van der Waals surface area contributed by atoms with Crippen LogP contribution in [-0.2, 0) is 4.79 Å². The highest BCUT2D eigenvalue weighted by atomic mass is 19.1. The number of ether oxygens (including phenoxy) is 1. The van der Waals surface area contributed by atoms with Crippen LogP contribution < -0.4 is 10.1 Å². The molecule has 0 aliphatic carbocycles. The maximum Gasteiger partial charge on any atom is 0.275 e. The molecule has 0 saturated carbocycles. The van der Waals surface area contributed by atoms with Crippen molar-refractivity contribution in [3.63, 3.8) is 0 Å². The second-order valence-corrected chi connectivity index (χ2v) is 4.52. The van der Waals surface area contributed by atoms with Gasteiger partial charge in [0.15, 0.2) is 0 Å². The van der Waals surface area contributed by atoms with Gasteiger partial charge in [0.25, 0.3) is 5.91 Å². The predicted molar refractivity (Wildman–Crippen MR) is 71.3 cm³/mol. The molecule has 1 aromatic carbocycles. The van der Waals surface area contributed by atoms with Crippen molar-refractivity contribution in [2.75, 3.05) is 7.11 Å². The summed E-state index contributed by atoms with van der Waals surface area (Å²) >= 11 is 0. The van der Waals surface area contributed by atoms with Gasteiger partial charge in [0, 0.05) is 11.5 Å². The minimum absolute atomic E-state index is 0.129. The van der Waals surface area contributed by atoms with Gasteiger partial charge in [-0.1, -0.05) is 13.8 Å². The summed E-state index contributed by atoms with van der Waals surface area (Å²) in [6.07, 6.45) is 1.52. The van der Waals surface area contributed by atoms with Crippen molar-refractivity contribution in [1.82, 2.24) is 5.32 Å². The zero-order chi connectivity index (χ0) is 14.0. The molecule has 0 bridgehead atoms. The highest BCUT2D eigenvalue weighted by molar-refractivity contribution is 6.14. The van der Waals surface area contributed by atoms with Gasteiger partial charge in [-0.15, -0.1) is 0 Å². The van der Waals surface area contributed by atoms with Gasteiger partial charge in [-0.25, -0.2) is 9.38 Å². The second kappa shape index (κ2) is 5.22. The molecule has 100 valence electrons. The largest absolute Gasteiger partial charge is 0.496 e. The molecular weight excluding hydrogens is 247 g/mol. The number of halogens is 1. The molecule has 1 aliphatic heterocycles. The van der Waals surface area contributed by atoms with Crippen LogP contribution in [-0.4, -0.2) is 18.9 Å². The lowest BCUT2D eigenvalue weighted by Crippen LogP contribution is -2.27. The lowest BCUT2D eigenvalue weighted by atomic mass is 10.1. The third-order valence-electron chi connectivity index (χ3n) is 2.75. The third-order valence-corrected chi connectivity index (χ3v) is 2.75. The van der Waals surface area contributed by atoms with E-state index in [1.165, 1.54) is 31.4 Å². The fourth-order valence-electron chi connectivity index (χ4n) is 1.73. The molecule has 0 atom stereocenters. The number of hydrogen-bond donors (Lipinski definition) is 1. The Hall–Kier alpha value is -2.17. The smallest absolute Gasteiger partial charge is 0.275 e. The van der Waals surface area contributed by atoms with Crippen molar-refractivity contribution in [2.24, 2.45) is 10.9 Å². The quantitative estimate of drug-likeness (QED) is 0.850. The summed E-state index contributed by atoms with van der Waals surface area (Å²) in [6, 6.07) is 4.13. The number of amides is 1.